The number of carbonyl (C=O) groups is 1. The van der Waals surface area contributed by atoms with Crippen molar-refractivity contribution in [1.29, 1.82) is 0 Å². The average Bonchev–Trinajstić information content (AvgIpc) is 2.38. The van der Waals surface area contributed by atoms with E-state index in [0.29, 0.717) is 16.5 Å². The molecule has 1 aromatic heterocycles. The predicted molar refractivity (Wildman–Crippen MR) is 78.6 cm³/mol. The summed E-state index contributed by atoms with van der Waals surface area (Å²) in [5, 5.41) is 9.66. The first-order valence-electron chi connectivity index (χ1n) is 5.44. The highest BCUT2D eigenvalue weighted by Gasteiger charge is 2.17. The van der Waals surface area contributed by atoms with Crippen molar-refractivity contribution in [2.24, 2.45) is 0 Å². The summed E-state index contributed by atoms with van der Waals surface area (Å²) < 4.78 is 0.972. The van der Waals surface area contributed by atoms with E-state index in [4.69, 9.17) is 0 Å². The molecule has 0 spiro atoms. The fraction of sp³-hybridized carbons (Fsp3) is 0.154. The van der Waals surface area contributed by atoms with E-state index in [9.17, 15) is 9.90 Å². The van der Waals surface area contributed by atoms with Crippen LogP contribution in [0.15, 0.2) is 33.8 Å². The number of carboxylic acids is 1. The number of aromatic carboxylic acids is 1. The number of nitrogens with zero attached hydrogens (tertiary/aromatic N) is 2. The molecule has 0 amide bonds. The van der Waals surface area contributed by atoms with E-state index in [1.807, 2.05) is 24.3 Å². The molecule has 0 saturated carbocycles. The summed E-state index contributed by atoms with van der Waals surface area (Å²) >= 11 is 4.68. The number of hydrogen-bond acceptors (Lipinski definition) is 4. The second-order valence-electron chi connectivity index (χ2n) is 3.83. The first-order chi connectivity index (χ1) is 9.02. The summed E-state index contributed by atoms with van der Waals surface area (Å²) in [5.41, 5.74) is 1.51. The van der Waals surface area contributed by atoms with Crippen molar-refractivity contribution < 1.29 is 9.90 Å². The lowest BCUT2D eigenvalue weighted by Crippen LogP contribution is -2.07. The average molecular weight is 339 g/mol. The van der Waals surface area contributed by atoms with Crippen LogP contribution in [-0.2, 0) is 0 Å². The van der Waals surface area contributed by atoms with Gasteiger partial charge in [0.2, 0.25) is 0 Å². The van der Waals surface area contributed by atoms with Gasteiger partial charge in [0.05, 0.1) is 5.69 Å². The van der Waals surface area contributed by atoms with Crippen molar-refractivity contribution >= 4 is 33.7 Å². The molecule has 1 aromatic carbocycles. The van der Waals surface area contributed by atoms with Gasteiger partial charge in [-0.25, -0.2) is 14.8 Å². The zero-order chi connectivity index (χ0) is 14.0. The summed E-state index contributed by atoms with van der Waals surface area (Å²) in [6.45, 7) is 1.69. The maximum Gasteiger partial charge on any atom is 0.340 e. The molecule has 0 atom stereocenters. The second-order valence-corrected chi connectivity index (χ2v) is 5.54. The van der Waals surface area contributed by atoms with Crippen LogP contribution in [0.1, 0.15) is 16.1 Å². The van der Waals surface area contributed by atoms with Gasteiger partial charge < -0.3 is 5.11 Å². The van der Waals surface area contributed by atoms with Crippen LogP contribution < -0.4 is 0 Å². The third-order valence-corrected chi connectivity index (χ3v) is 3.78. The fourth-order valence-corrected chi connectivity index (χ4v) is 2.55. The first kappa shape index (κ1) is 14.0. The van der Waals surface area contributed by atoms with Gasteiger partial charge in [-0.1, -0.05) is 28.1 Å². The van der Waals surface area contributed by atoms with Gasteiger partial charge in [0.25, 0.3) is 0 Å². The fourth-order valence-electron chi connectivity index (χ4n) is 1.67. The van der Waals surface area contributed by atoms with Crippen LogP contribution in [0.25, 0.3) is 11.4 Å². The molecular weight excluding hydrogens is 328 g/mol. The molecule has 98 valence electrons. The maximum absolute atomic E-state index is 11.2. The zero-order valence-corrected chi connectivity index (χ0v) is 12.7. The van der Waals surface area contributed by atoms with Gasteiger partial charge in [-0.05, 0) is 25.3 Å². The van der Waals surface area contributed by atoms with Crippen LogP contribution in [-0.4, -0.2) is 27.3 Å². The van der Waals surface area contributed by atoms with Crippen molar-refractivity contribution in [2.45, 2.75) is 11.9 Å². The molecule has 0 bridgehead atoms. The minimum absolute atomic E-state index is 0.174. The van der Waals surface area contributed by atoms with Crippen molar-refractivity contribution in [2.75, 3.05) is 6.26 Å². The summed E-state index contributed by atoms with van der Waals surface area (Å²) in [6, 6.07) is 7.59. The quantitative estimate of drug-likeness (QED) is 0.683. The Bertz CT molecular complexity index is 629. The normalized spacial score (nSPS) is 10.5. The lowest BCUT2D eigenvalue weighted by Gasteiger charge is -2.08. The SMILES string of the molecule is CSc1nc(-c2ccc(Br)cc2)nc(C)c1C(=O)O. The Morgan fingerprint density at radius 2 is 1.89 bits per heavy atom. The zero-order valence-electron chi connectivity index (χ0n) is 10.3. The molecule has 2 rings (SSSR count). The van der Waals surface area contributed by atoms with Crippen LogP contribution in [0.5, 0.6) is 0 Å². The van der Waals surface area contributed by atoms with Crippen LogP contribution >= 0.6 is 27.7 Å². The lowest BCUT2D eigenvalue weighted by molar-refractivity contribution is 0.0691. The second kappa shape index (κ2) is 5.71. The molecule has 0 radical (unpaired) electrons. The van der Waals surface area contributed by atoms with Crippen molar-refractivity contribution in [3.63, 3.8) is 0 Å². The van der Waals surface area contributed by atoms with E-state index in [0.717, 1.165) is 10.0 Å². The van der Waals surface area contributed by atoms with Crippen molar-refractivity contribution in [1.82, 2.24) is 9.97 Å². The van der Waals surface area contributed by atoms with E-state index < -0.39 is 5.97 Å². The molecule has 0 aliphatic rings. The molecular formula is C13H11BrN2O2S. The topological polar surface area (TPSA) is 63.1 Å². The van der Waals surface area contributed by atoms with Gasteiger partial charge in [0.1, 0.15) is 10.6 Å². The van der Waals surface area contributed by atoms with E-state index >= 15 is 0 Å². The summed E-state index contributed by atoms with van der Waals surface area (Å²) in [5.74, 6) is -0.455. The lowest BCUT2D eigenvalue weighted by atomic mass is 10.2. The van der Waals surface area contributed by atoms with E-state index in [1.54, 1.807) is 13.2 Å². The molecule has 0 saturated heterocycles. The smallest absolute Gasteiger partial charge is 0.340 e. The molecule has 4 nitrogen and oxygen atoms in total. The molecule has 0 aliphatic heterocycles. The van der Waals surface area contributed by atoms with Crippen molar-refractivity contribution in [3.05, 3.63) is 40.0 Å². The number of aryl methyl sites for hydroxylation is 1. The number of aromatic nitrogens is 2. The molecule has 0 aliphatic carbocycles. The van der Waals surface area contributed by atoms with Gasteiger partial charge in [0, 0.05) is 10.0 Å². The summed E-state index contributed by atoms with van der Waals surface area (Å²) in [6.07, 6.45) is 1.81. The predicted octanol–water partition coefficient (Wildman–Crippen LogP) is 3.63. The van der Waals surface area contributed by atoms with Gasteiger partial charge in [-0.15, -0.1) is 11.8 Å². The Balaban J connectivity index is 2.57. The number of halogens is 1. The summed E-state index contributed by atoms with van der Waals surface area (Å²) in [7, 11) is 0. The monoisotopic (exact) mass is 338 g/mol. The number of rotatable bonds is 3. The number of carboxylic acid groups (broad SMARTS) is 1. The van der Waals surface area contributed by atoms with Gasteiger partial charge in [0.15, 0.2) is 5.82 Å². The highest BCUT2D eigenvalue weighted by atomic mass is 79.9. The standard InChI is InChI=1S/C13H11BrN2O2S/c1-7-10(13(17)18)12(19-2)16-11(15-7)8-3-5-9(14)6-4-8/h3-6H,1-2H3,(H,17,18). The van der Waals surface area contributed by atoms with Crippen LogP contribution in [0.3, 0.4) is 0 Å². The first-order valence-corrected chi connectivity index (χ1v) is 7.46. The van der Waals surface area contributed by atoms with E-state index in [-0.39, 0.29) is 5.56 Å². The van der Waals surface area contributed by atoms with Gasteiger partial charge in [-0.2, -0.15) is 0 Å². The summed E-state index contributed by atoms with van der Waals surface area (Å²) in [4.78, 5) is 19.8. The maximum atomic E-state index is 11.2. The van der Waals surface area contributed by atoms with Crippen molar-refractivity contribution in [3.8, 4) is 11.4 Å². The van der Waals surface area contributed by atoms with E-state index in [1.165, 1.54) is 11.8 Å². The third kappa shape index (κ3) is 2.96. The van der Waals surface area contributed by atoms with Crippen LogP contribution in [0.2, 0.25) is 0 Å². The third-order valence-electron chi connectivity index (χ3n) is 2.57. The number of hydrogen-bond donors (Lipinski definition) is 1. The number of benzene rings is 1. The number of thioether (sulfide) groups is 1. The molecule has 0 unspecified atom stereocenters. The Kier molecular flexibility index (Phi) is 4.21. The molecule has 1 heterocycles. The highest BCUT2D eigenvalue weighted by Crippen LogP contribution is 2.25. The Hall–Kier alpha value is -1.40. The Labute approximate surface area is 123 Å². The minimum atomic E-state index is -0.996. The molecule has 0 fully saturated rings. The molecule has 19 heavy (non-hydrogen) atoms. The highest BCUT2D eigenvalue weighted by molar-refractivity contribution is 9.10. The van der Waals surface area contributed by atoms with Crippen LogP contribution in [0, 0.1) is 6.92 Å². The largest absolute Gasteiger partial charge is 0.478 e. The Morgan fingerprint density at radius 3 is 2.42 bits per heavy atom. The molecule has 1 N–H and O–H groups in total. The Morgan fingerprint density at radius 1 is 1.26 bits per heavy atom. The van der Waals surface area contributed by atoms with E-state index in [2.05, 4.69) is 25.9 Å². The molecule has 2 aromatic rings. The van der Waals surface area contributed by atoms with Gasteiger partial charge in [-0.3, -0.25) is 0 Å². The van der Waals surface area contributed by atoms with Crippen LogP contribution in [0.4, 0.5) is 0 Å². The molecule has 6 heteroatoms. The van der Waals surface area contributed by atoms with Gasteiger partial charge >= 0.3 is 5.97 Å². The minimum Gasteiger partial charge on any atom is -0.478 e.